The van der Waals surface area contributed by atoms with Crippen LogP contribution in [0.3, 0.4) is 0 Å². The van der Waals surface area contributed by atoms with E-state index in [0.29, 0.717) is 23.6 Å². The first-order valence-corrected chi connectivity index (χ1v) is 6.35. The van der Waals surface area contributed by atoms with Crippen molar-refractivity contribution < 1.29 is 9.21 Å². The van der Waals surface area contributed by atoms with Gasteiger partial charge in [0.15, 0.2) is 0 Å². The van der Waals surface area contributed by atoms with Gasteiger partial charge in [0.05, 0.1) is 11.8 Å². The molecule has 2 rings (SSSR count). The number of hydrogen-bond acceptors (Lipinski definition) is 3. The lowest BCUT2D eigenvalue weighted by Gasteiger charge is -2.22. The molecule has 100 valence electrons. The summed E-state index contributed by atoms with van der Waals surface area (Å²) < 4.78 is 5.20. The fraction of sp³-hybridized carbons (Fsp3) is 0.267. The third-order valence-corrected chi connectivity index (χ3v) is 2.99. The standard InChI is InChI=1S/C15H18N2O2/c1-3-9-17(13-6-4-12(16)5-7-13)15(18)14-8-10-19-11(14)2/h4-8,10H,3,9,16H2,1-2H3. The molecule has 2 N–H and O–H groups in total. The second-order valence-electron chi connectivity index (χ2n) is 4.44. The Morgan fingerprint density at radius 3 is 2.47 bits per heavy atom. The molecule has 0 aliphatic heterocycles. The highest BCUT2D eigenvalue weighted by molar-refractivity contribution is 6.06. The number of anilines is 2. The van der Waals surface area contributed by atoms with Crippen LogP contribution in [0.25, 0.3) is 0 Å². The second-order valence-corrected chi connectivity index (χ2v) is 4.44. The van der Waals surface area contributed by atoms with E-state index in [0.717, 1.165) is 12.1 Å². The topological polar surface area (TPSA) is 59.5 Å². The summed E-state index contributed by atoms with van der Waals surface area (Å²) in [6, 6.07) is 9.02. The lowest BCUT2D eigenvalue weighted by molar-refractivity contribution is 0.0985. The molecule has 0 saturated heterocycles. The summed E-state index contributed by atoms with van der Waals surface area (Å²) in [5.74, 6) is 0.597. The predicted molar refractivity (Wildman–Crippen MR) is 76.3 cm³/mol. The van der Waals surface area contributed by atoms with Crippen molar-refractivity contribution in [3.8, 4) is 0 Å². The molecule has 0 saturated carbocycles. The number of nitrogens with zero attached hydrogens (tertiary/aromatic N) is 1. The van der Waals surface area contributed by atoms with Gasteiger partial charge in [-0.2, -0.15) is 0 Å². The normalized spacial score (nSPS) is 10.4. The van der Waals surface area contributed by atoms with Crippen molar-refractivity contribution >= 4 is 17.3 Å². The lowest BCUT2D eigenvalue weighted by Crippen LogP contribution is -2.31. The van der Waals surface area contributed by atoms with Crippen molar-refractivity contribution in [1.82, 2.24) is 0 Å². The van der Waals surface area contributed by atoms with E-state index in [1.54, 1.807) is 30.0 Å². The van der Waals surface area contributed by atoms with Gasteiger partial charge in [-0.05, 0) is 43.7 Å². The van der Waals surface area contributed by atoms with Gasteiger partial charge in [-0.1, -0.05) is 6.92 Å². The van der Waals surface area contributed by atoms with Crippen LogP contribution in [0.15, 0.2) is 41.0 Å². The largest absolute Gasteiger partial charge is 0.469 e. The Morgan fingerprint density at radius 2 is 1.95 bits per heavy atom. The summed E-state index contributed by atoms with van der Waals surface area (Å²) in [4.78, 5) is 14.3. The number of aryl methyl sites for hydroxylation is 1. The first-order valence-electron chi connectivity index (χ1n) is 6.35. The molecule has 1 amide bonds. The minimum atomic E-state index is -0.0436. The summed E-state index contributed by atoms with van der Waals surface area (Å²) in [6.07, 6.45) is 2.42. The highest BCUT2D eigenvalue weighted by Gasteiger charge is 2.20. The molecular formula is C15H18N2O2. The van der Waals surface area contributed by atoms with Crippen molar-refractivity contribution in [3.05, 3.63) is 47.9 Å². The van der Waals surface area contributed by atoms with Gasteiger partial charge >= 0.3 is 0 Å². The third-order valence-electron chi connectivity index (χ3n) is 2.99. The molecule has 1 heterocycles. The van der Waals surface area contributed by atoms with Gasteiger partial charge in [-0.15, -0.1) is 0 Å². The maximum Gasteiger partial charge on any atom is 0.261 e. The van der Waals surface area contributed by atoms with E-state index in [4.69, 9.17) is 10.2 Å². The van der Waals surface area contributed by atoms with Crippen molar-refractivity contribution in [2.75, 3.05) is 17.2 Å². The van der Waals surface area contributed by atoms with Crippen LogP contribution < -0.4 is 10.6 Å². The van der Waals surface area contributed by atoms with Crippen molar-refractivity contribution in [2.45, 2.75) is 20.3 Å². The molecule has 4 heteroatoms. The van der Waals surface area contributed by atoms with Crippen molar-refractivity contribution in [2.24, 2.45) is 0 Å². The van der Waals surface area contributed by atoms with Gasteiger partial charge in [0.2, 0.25) is 0 Å². The molecule has 0 aliphatic rings. The van der Waals surface area contributed by atoms with E-state index < -0.39 is 0 Å². The molecular weight excluding hydrogens is 240 g/mol. The molecule has 0 radical (unpaired) electrons. The van der Waals surface area contributed by atoms with E-state index >= 15 is 0 Å². The first kappa shape index (κ1) is 13.2. The maximum atomic E-state index is 12.5. The van der Waals surface area contributed by atoms with Crippen molar-refractivity contribution in [1.29, 1.82) is 0 Å². The minimum absolute atomic E-state index is 0.0436. The van der Waals surface area contributed by atoms with Crippen LogP contribution in [-0.4, -0.2) is 12.5 Å². The number of rotatable bonds is 4. The zero-order valence-corrected chi connectivity index (χ0v) is 11.2. The number of nitrogen functional groups attached to an aromatic ring is 1. The molecule has 0 fully saturated rings. The average Bonchev–Trinajstić information content (AvgIpc) is 2.83. The highest BCUT2D eigenvalue weighted by Crippen LogP contribution is 2.21. The average molecular weight is 258 g/mol. The Morgan fingerprint density at radius 1 is 1.26 bits per heavy atom. The van der Waals surface area contributed by atoms with Crippen molar-refractivity contribution in [3.63, 3.8) is 0 Å². The van der Waals surface area contributed by atoms with Gasteiger partial charge in [-0.25, -0.2) is 0 Å². The van der Waals surface area contributed by atoms with Crippen LogP contribution in [0.2, 0.25) is 0 Å². The summed E-state index contributed by atoms with van der Waals surface area (Å²) in [6.45, 7) is 4.49. The van der Waals surface area contributed by atoms with Crippen LogP contribution in [0.5, 0.6) is 0 Å². The fourth-order valence-electron chi connectivity index (χ4n) is 1.98. The molecule has 0 aliphatic carbocycles. The molecule has 0 unspecified atom stereocenters. The molecule has 1 aromatic carbocycles. The first-order chi connectivity index (χ1) is 9.13. The van der Waals surface area contributed by atoms with E-state index in [-0.39, 0.29) is 5.91 Å². The van der Waals surface area contributed by atoms with Gasteiger partial charge in [0, 0.05) is 17.9 Å². The summed E-state index contributed by atoms with van der Waals surface area (Å²) in [5.41, 5.74) is 7.82. The van der Waals surface area contributed by atoms with E-state index in [2.05, 4.69) is 0 Å². The zero-order valence-electron chi connectivity index (χ0n) is 11.2. The minimum Gasteiger partial charge on any atom is -0.469 e. The SMILES string of the molecule is CCCN(C(=O)c1ccoc1C)c1ccc(N)cc1. The predicted octanol–water partition coefficient (Wildman–Crippen LogP) is 3.23. The Hall–Kier alpha value is -2.23. The Balaban J connectivity index is 2.32. The zero-order chi connectivity index (χ0) is 13.8. The molecule has 19 heavy (non-hydrogen) atoms. The van der Waals surface area contributed by atoms with Crippen LogP contribution in [-0.2, 0) is 0 Å². The molecule has 0 spiro atoms. The second kappa shape index (κ2) is 5.61. The third kappa shape index (κ3) is 2.78. The molecule has 4 nitrogen and oxygen atoms in total. The number of hydrogen-bond donors (Lipinski definition) is 1. The smallest absolute Gasteiger partial charge is 0.261 e. The highest BCUT2D eigenvalue weighted by atomic mass is 16.3. The van der Waals surface area contributed by atoms with Crippen LogP contribution in [0.1, 0.15) is 29.5 Å². The van der Waals surface area contributed by atoms with Crippen LogP contribution in [0.4, 0.5) is 11.4 Å². The monoisotopic (exact) mass is 258 g/mol. The maximum absolute atomic E-state index is 12.5. The number of carbonyl (C=O) groups excluding carboxylic acids is 1. The summed E-state index contributed by atoms with van der Waals surface area (Å²) in [7, 11) is 0. The number of nitrogens with two attached hydrogens (primary N) is 1. The fourth-order valence-corrected chi connectivity index (χ4v) is 1.98. The summed E-state index contributed by atoms with van der Waals surface area (Å²) in [5, 5.41) is 0. The van der Waals surface area contributed by atoms with Gasteiger partial charge in [0.1, 0.15) is 5.76 Å². The Kier molecular flexibility index (Phi) is 3.90. The summed E-state index contributed by atoms with van der Waals surface area (Å²) >= 11 is 0. The molecule has 0 atom stereocenters. The molecule has 2 aromatic rings. The number of benzene rings is 1. The van der Waals surface area contributed by atoms with Crippen LogP contribution >= 0.6 is 0 Å². The lowest BCUT2D eigenvalue weighted by atomic mass is 10.2. The Bertz CT molecular complexity index is 558. The number of carbonyl (C=O) groups is 1. The van der Waals surface area contributed by atoms with Gasteiger partial charge < -0.3 is 15.1 Å². The van der Waals surface area contributed by atoms with Gasteiger partial charge in [0.25, 0.3) is 5.91 Å². The number of amides is 1. The molecule has 0 bridgehead atoms. The van der Waals surface area contributed by atoms with E-state index in [1.165, 1.54) is 6.26 Å². The quantitative estimate of drug-likeness (QED) is 0.856. The number of furan rings is 1. The molecule has 1 aromatic heterocycles. The Labute approximate surface area is 112 Å². The van der Waals surface area contributed by atoms with E-state index in [1.807, 2.05) is 19.1 Å². The van der Waals surface area contributed by atoms with Gasteiger partial charge in [-0.3, -0.25) is 4.79 Å². The van der Waals surface area contributed by atoms with E-state index in [9.17, 15) is 4.79 Å². The van der Waals surface area contributed by atoms with Crippen LogP contribution in [0, 0.1) is 6.92 Å².